The molecule has 0 saturated carbocycles. The maximum atomic E-state index is 6.23. The van der Waals surface area contributed by atoms with Crippen molar-refractivity contribution in [1.82, 2.24) is 0 Å². The summed E-state index contributed by atoms with van der Waals surface area (Å²) < 4.78 is 0. The van der Waals surface area contributed by atoms with Gasteiger partial charge in [0.1, 0.15) is 0 Å². The van der Waals surface area contributed by atoms with Gasteiger partial charge >= 0.3 is 0 Å². The minimum absolute atomic E-state index is 0.779. The lowest BCUT2D eigenvalue weighted by molar-refractivity contribution is 1.64. The number of benzene rings is 1. The molecule has 0 nitrogen and oxygen atoms in total. The first-order valence-electron chi connectivity index (χ1n) is 4.26. The van der Waals surface area contributed by atoms with Crippen LogP contribution in [-0.2, 0) is 0 Å². The molecule has 0 amide bonds. The number of hydrogen-bond acceptors (Lipinski definition) is 1. The van der Waals surface area contributed by atoms with Gasteiger partial charge in [-0.3, -0.25) is 0 Å². The highest BCUT2D eigenvalue weighted by atomic mass is 35.5. The fraction of sp³-hybridized carbons (Fsp3) is 0. The first kappa shape index (κ1) is 9.50. The van der Waals surface area contributed by atoms with Crippen LogP contribution in [0.1, 0.15) is 5.56 Å². The van der Waals surface area contributed by atoms with E-state index in [1.165, 1.54) is 5.56 Å². The van der Waals surface area contributed by atoms with E-state index < -0.39 is 0 Å². The Morgan fingerprint density at radius 2 is 2.14 bits per heavy atom. The van der Waals surface area contributed by atoms with Crippen LogP contribution < -0.4 is 0 Å². The molecular formula is C12H9ClS. The second-order valence-corrected chi connectivity index (χ2v) is 4.08. The quantitative estimate of drug-likeness (QED) is 0.688. The molecule has 0 saturated heterocycles. The minimum atomic E-state index is 0.779. The Bertz CT molecular complexity index is 443. The van der Waals surface area contributed by atoms with E-state index >= 15 is 0 Å². The highest BCUT2D eigenvalue weighted by molar-refractivity contribution is 7.08. The summed E-state index contributed by atoms with van der Waals surface area (Å²) in [5, 5.41) is 4.92. The molecule has 2 heteroatoms. The zero-order valence-corrected chi connectivity index (χ0v) is 9.11. The van der Waals surface area contributed by atoms with E-state index in [0.717, 1.165) is 16.1 Å². The Hall–Kier alpha value is -1.05. The first-order chi connectivity index (χ1) is 6.83. The molecule has 0 N–H and O–H groups in total. The fourth-order valence-electron chi connectivity index (χ4n) is 1.35. The van der Waals surface area contributed by atoms with Gasteiger partial charge in [-0.1, -0.05) is 42.5 Å². The van der Waals surface area contributed by atoms with Crippen LogP contribution in [0.3, 0.4) is 0 Å². The molecule has 70 valence electrons. The number of halogens is 1. The Morgan fingerprint density at radius 3 is 2.79 bits per heavy atom. The molecule has 14 heavy (non-hydrogen) atoms. The van der Waals surface area contributed by atoms with Gasteiger partial charge in [0.15, 0.2) is 0 Å². The molecule has 0 aliphatic carbocycles. The largest absolute Gasteiger partial charge is 0.152 e. The highest BCUT2D eigenvalue weighted by Crippen LogP contribution is 2.32. The molecule has 1 heterocycles. The Kier molecular flexibility index (Phi) is 2.71. The van der Waals surface area contributed by atoms with Crippen LogP contribution in [0.4, 0.5) is 0 Å². The average Bonchev–Trinajstić information content (AvgIpc) is 2.71. The van der Waals surface area contributed by atoms with Crippen LogP contribution >= 0.6 is 22.9 Å². The van der Waals surface area contributed by atoms with Gasteiger partial charge in [0.05, 0.1) is 5.02 Å². The number of thiophene rings is 1. The van der Waals surface area contributed by atoms with E-state index in [-0.39, 0.29) is 0 Å². The Morgan fingerprint density at radius 1 is 1.29 bits per heavy atom. The van der Waals surface area contributed by atoms with Gasteiger partial charge in [-0.2, -0.15) is 11.3 Å². The molecule has 0 fully saturated rings. The normalized spacial score (nSPS) is 10.1. The summed E-state index contributed by atoms with van der Waals surface area (Å²) in [4.78, 5) is 0. The second-order valence-electron chi connectivity index (χ2n) is 2.92. The predicted octanol–water partition coefficient (Wildman–Crippen LogP) is 4.71. The zero-order chi connectivity index (χ0) is 9.97. The summed E-state index contributed by atoms with van der Waals surface area (Å²) in [5.41, 5.74) is 3.23. The standard InChI is InChI=1S/C12H9ClS/c1-2-9-4-3-5-11(12(9)13)10-6-7-14-8-10/h2-8H,1H2. The lowest BCUT2D eigenvalue weighted by atomic mass is 10.1. The van der Waals surface area contributed by atoms with Gasteiger partial charge in [0.2, 0.25) is 0 Å². The maximum absolute atomic E-state index is 6.23. The summed E-state index contributed by atoms with van der Waals surface area (Å²) in [6, 6.07) is 8.05. The third-order valence-corrected chi connectivity index (χ3v) is 3.19. The van der Waals surface area contributed by atoms with Crippen molar-refractivity contribution in [3.05, 3.63) is 52.2 Å². The van der Waals surface area contributed by atoms with Crippen molar-refractivity contribution in [2.45, 2.75) is 0 Å². The van der Waals surface area contributed by atoms with E-state index in [4.69, 9.17) is 11.6 Å². The highest BCUT2D eigenvalue weighted by Gasteiger charge is 2.05. The Labute approximate surface area is 92.5 Å². The van der Waals surface area contributed by atoms with Gasteiger partial charge in [-0.05, 0) is 28.0 Å². The topological polar surface area (TPSA) is 0 Å². The van der Waals surface area contributed by atoms with Crippen LogP contribution in [0, 0.1) is 0 Å². The molecule has 2 aromatic rings. The molecule has 2 rings (SSSR count). The van der Waals surface area contributed by atoms with Crippen molar-refractivity contribution in [2.75, 3.05) is 0 Å². The summed E-state index contributed by atoms with van der Waals surface area (Å²) in [6.07, 6.45) is 1.78. The number of rotatable bonds is 2. The lowest BCUT2D eigenvalue weighted by Gasteiger charge is -2.04. The molecular weight excluding hydrogens is 212 g/mol. The molecule has 1 aromatic heterocycles. The van der Waals surface area contributed by atoms with Crippen molar-refractivity contribution < 1.29 is 0 Å². The van der Waals surface area contributed by atoms with Crippen LogP contribution in [0.2, 0.25) is 5.02 Å². The Balaban J connectivity index is 2.60. The molecule has 0 bridgehead atoms. The van der Waals surface area contributed by atoms with Crippen LogP contribution in [0.25, 0.3) is 17.2 Å². The second kappa shape index (κ2) is 3.99. The molecule has 0 radical (unpaired) electrons. The summed E-state index contributed by atoms with van der Waals surface area (Å²) >= 11 is 7.91. The summed E-state index contributed by atoms with van der Waals surface area (Å²) in [7, 11) is 0. The lowest BCUT2D eigenvalue weighted by Crippen LogP contribution is -1.80. The molecule has 0 atom stereocenters. The predicted molar refractivity (Wildman–Crippen MR) is 64.9 cm³/mol. The number of hydrogen-bond donors (Lipinski definition) is 0. The molecule has 0 aliphatic heterocycles. The molecule has 1 aromatic carbocycles. The van der Waals surface area contributed by atoms with Crippen molar-refractivity contribution >= 4 is 29.0 Å². The van der Waals surface area contributed by atoms with Gasteiger partial charge in [-0.25, -0.2) is 0 Å². The third kappa shape index (κ3) is 1.61. The monoisotopic (exact) mass is 220 g/mol. The molecule has 0 spiro atoms. The average molecular weight is 221 g/mol. The fourth-order valence-corrected chi connectivity index (χ4v) is 2.32. The first-order valence-corrected chi connectivity index (χ1v) is 5.58. The minimum Gasteiger partial charge on any atom is -0.152 e. The van der Waals surface area contributed by atoms with Crippen molar-refractivity contribution in [3.63, 3.8) is 0 Å². The van der Waals surface area contributed by atoms with Gasteiger partial charge < -0.3 is 0 Å². The van der Waals surface area contributed by atoms with E-state index in [2.05, 4.69) is 18.0 Å². The van der Waals surface area contributed by atoms with Crippen molar-refractivity contribution in [3.8, 4) is 11.1 Å². The molecule has 0 aliphatic rings. The van der Waals surface area contributed by atoms with Crippen LogP contribution in [-0.4, -0.2) is 0 Å². The van der Waals surface area contributed by atoms with Crippen molar-refractivity contribution in [2.24, 2.45) is 0 Å². The van der Waals surface area contributed by atoms with Gasteiger partial charge in [-0.15, -0.1) is 0 Å². The SMILES string of the molecule is C=Cc1cccc(-c2ccsc2)c1Cl. The van der Waals surface area contributed by atoms with E-state index in [1.807, 2.05) is 23.6 Å². The summed E-state index contributed by atoms with van der Waals surface area (Å²) in [5.74, 6) is 0. The third-order valence-electron chi connectivity index (χ3n) is 2.08. The smallest absolute Gasteiger partial charge is 0.0556 e. The van der Waals surface area contributed by atoms with E-state index in [9.17, 15) is 0 Å². The van der Waals surface area contributed by atoms with E-state index in [1.54, 1.807) is 17.4 Å². The van der Waals surface area contributed by atoms with E-state index in [0.29, 0.717) is 0 Å². The summed E-state index contributed by atoms with van der Waals surface area (Å²) in [6.45, 7) is 3.73. The maximum Gasteiger partial charge on any atom is 0.0556 e. The van der Waals surface area contributed by atoms with Crippen LogP contribution in [0.5, 0.6) is 0 Å². The molecule has 0 unspecified atom stereocenters. The van der Waals surface area contributed by atoms with Crippen molar-refractivity contribution in [1.29, 1.82) is 0 Å². The zero-order valence-electron chi connectivity index (χ0n) is 7.53. The van der Waals surface area contributed by atoms with Gasteiger partial charge in [0.25, 0.3) is 0 Å². The van der Waals surface area contributed by atoms with Crippen LogP contribution in [0.15, 0.2) is 41.6 Å². The van der Waals surface area contributed by atoms with Gasteiger partial charge in [0, 0.05) is 5.56 Å².